The number of aryl methyl sites for hydroxylation is 1. The molecular formula is C21H24N4O4S. The molecule has 1 aromatic carbocycles. The van der Waals surface area contributed by atoms with E-state index in [0.29, 0.717) is 38.6 Å². The highest BCUT2D eigenvalue weighted by Gasteiger charge is 2.20. The van der Waals surface area contributed by atoms with Crippen LogP contribution in [0.5, 0.6) is 5.75 Å². The summed E-state index contributed by atoms with van der Waals surface area (Å²) in [6.07, 6.45) is 3.21. The maximum Gasteiger partial charge on any atom is 0.262 e. The third-order valence-corrected chi connectivity index (χ3v) is 5.83. The van der Waals surface area contributed by atoms with Crippen LogP contribution in [0.25, 0.3) is 10.2 Å². The number of methoxy groups -OCH3 is 1. The van der Waals surface area contributed by atoms with E-state index in [-0.39, 0.29) is 23.9 Å². The fraction of sp³-hybridized carbons (Fsp3) is 0.333. The predicted octanol–water partition coefficient (Wildman–Crippen LogP) is 2.94. The zero-order chi connectivity index (χ0) is 21.7. The number of hydrogen-bond donors (Lipinski definition) is 2. The minimum Gasteiger partial charge on any atom is -0.495 e. The van der Waals surface area contributed by atoms with Crippen molar-refractivity contribution in [1.82, 2.24) is 14.9 Å². The Morgan fingerprint density at radius 2 is 2.03 bits per heavy atom. The van der Waals surface area contributed by atoms with E-state index in [4.69, 9.17) is 4.74 Å². The van der Waals surface area contributed by atoms with Crippen molar-refractivity contribution < 1.29 is 14.3 Å². The van der Waals surface area contributed by atoms with Crippen molar-refractivity contribution in [2.24, 2.45) is 0 Å². The third-order valence-electron chi connectivity index (χ3n) is 4.63. The van der Waals surface area contributed by atoms with Crippen LogP contribution in [0, 0.1) is 6.92 Å². The van der Waals surface area contributed by atoms with Gasteiger partial charge in [0.2, 0.25) is 5.91 Å². The Balaban J connectivity index is 1.83. The standard InChI is InChI=1S/C21H24N4O4S/c1-4-5-10-22-19(27)18-13(2)17-20(30-18)23-12-25(21(17)28)11-16(26)24-14-8-6-7-9-15(14)29-3/h6-9,12H,4-5,10-11H2,1-3H3,(H,22,27)(H,24,26). The summed E-state index contributed by atoms with van der Waals surface area (Å²) in [6.45, 7) is 4.17. The van der Waals surface area contributed by atoms with Gasteiger partial charge in [0, 0.05) is 6.54 Å². The SMILES string of the molecule is CCCCNC(=O)c1sc2ncn(CC(=O)Nc3ccccc3OC)c(=O)c2c1C. The number of carbonyl (C=O) groups is 2. The molecule has 0 aliphatic heterocycles. The van der Waals surface area contributed by atoms with Gasteiger partial charge in [0.25, 0.3) is 11.5 Å². The lowest BCUT2D eigenvalue weighted by molar-refractivity contribution is -0.116. The zero-order valence-electron chi connectivity index (χ0n) is 17.2. The third kappa shape index (κ3) is 4.51. The topological polar surface area (TPSA) is 102 Å². The highest BCUT2D eigenvalue weighted by atomic mass is 32.1. The summed E-state index contributed by atoms with van der Waals surface area (Å²) in [4.78, 5) is 43.1. The van der Waals surface area contributed by atoms with Crippen LogP contribution in [0.1, 0.15) is 35.0 Å². The predicted molar refractivity (Wildman–Crippen MR) is 117 cm³/mol. The molecule has 0 aliphatic rings. The number of ether oxygens (including phenoxy) is 1. The van der Waals surface area contributed by atoms with Crippen LogP contribution in [0.15, 0.2) is 35.4 Å². The summed E-state index contributed by atoms with van der Waals surface area (Å²) < 4.78 is 6.46. The quantitative estimate of drug-likeness (QED) is 0.537. The van der Waals surface area contributed by atoms with Crippen LogP contribution < -0.4 is 20.9 Å². The maximum atomic E-state index is 12.9. The second-order valence-corrected chi connectivity index (χ2v) is 7.77. The second-order valence-electron chi connectivity index (χ2n) is 6.77. The molecule has 9 heteroatoms. The van der Waals surface area contributed by atoms with Gasteiger partial charge in [0.1, 0.15) is 17.1 Å². The molecule has 3 aromatic rings. The Morgan fingerprint density at radius 3 is 2.77 bits per heavy atom. The lowest BCUT2D eigenvalue weighted by Gasteiger charge is -2.10. The summed E-state index contributed by atoms with van der Waals surface area (Å²) in [5.41, 5.74) is 0.752. The first-order valence-corrected chi connectivity index (χ1v) is 10.5. The van der Waals surface area contributed by atoms with Gasteiger partial charge in [-0.05, 0) is 31.0 Å². The Hall–Kier alpha value is -3.20. The van der Waals surface area contributed by atoms with Crippen molar-refractivity contribution in [2.75, 3.05) is 19.0 Å². The largest absolute Gasteiger partial charge is 0.495 e. The molecule has 2 N–H and O–H groups in total. The van der Waals surface area contributed by atoms with E-state index in [0.717, 1.165) is 12.8 Å². The lowest BCUT2D eigenvalue weighted by atomic mass is 10.2. The highest BCUT2D eigenvalue weighted by molar-refractivity contribution is 7.20. The molecule has 0 spiro atoms. The van der Waals surface area contributed by atoms with Gasteiger partial charge in [-0.3, -0.25) is 19.0 Å². The number of rotatable bonds is 8. The second kappa shape index (κ2) is 9.53. The molecule has 0 radical (unpaired) electrons. The lowest BCUT2D eigenvalue weighted by Crippen LogP contribution is -2.28. The van der Waals surface area contributed by atoms with Crippen molar-refractivity contribution in [3.05, 3.63) is 51.4 Å². The molecule has 3 rings (SSSR count). The number of aromatic nitrogens is 2. The summed E-state index contributed by atoms with van der Waals surface area (Å²) in [5, 5.41) is 5.97. The van der Waals surface area contributed by atoms with Crippen LogP contribution >= 0.6 is 11.3 Å². The van der Waals surface area contributed by atoms with Crippen LogP contribution in [0.3, 0.4) is 0 Å². The number of thiophene rings is 1. The molecule has 0 aliphatic carbocycles. The van der Waals surface area contributed by atoms with Crippen LogP contribution in [-0.4, -0.2) is 35.0 Å². The first-order valence-electron chi connectivity index (χ1n) is 9.65. The number of hydrogen-bond acceptors (Lipinski definition) is 6. The monoisotopic (exact) mass is 428 g/mol. The molecule has 0 atom stereocenters. The number of anilines is 1. The van der Waals surface area contributed by atoms with E-state index >= 15 is 0 Å². The Labute approximate surface area is 177 Å². The van der Waals surface area contributed by atoms with E-state index < -0.39 is 0 Å². The van der Waals surface area contributed by atoms with E-state index in [2.05, 4.69) is 15.6 Å². The molecule has 2 heterocycles. The van der Waals surface area contributed by atoms with Gasteiger partial charge >= 0.3 is 0 Å². The fourth-order valence-electron chi connectivity index (χ4n) is 3.04. The van der Waals surface area contributed by atoms with Gasteiger partial charge in [-0.15, -0.1) is 11.3 Å². The fourth-order valence-corrected chi connectivity index (χ4v) is 4.10. The van der Waals surface area contributed by atoms with E-state index in [9.17, 15) is 14.4 Å². The number of para-hydroxylation sites is 2. The summed E-state index contributed by atoms with van der Waals surface area (Å²) in [6, 6.07) is 7.02. The average Bonchev–Trinajstić information content (AvgIpc) is 3.08. The summed E-state index contributed by atoms with van der Waals surface area (Å²) >= 11 is 1.19. The van der Waals surface area contributed by atoms with Crippen molar-refractivity contribution in [3.8, 4) is 5.75 Å². The summed E-state index contributed by atoms with van der Waals surface area (Å²) in [5.74, 6) is -0.0591. The molecule has 158 valence electrons. The van der Waals surface area contributed by atoms with E-state index in [1.807, 2.05) is 6.92 Å². The summed E-state index contributed by atoms with van der Waals surface area (Å²) in [7, 11) is 1.52. The average molecular weight is 429 g/mol. The van der Waals surface area contributed by atoms with Crippen molar-refractivity contribution in [3.63, 3.8) is 0 Å². The van der Waals surface area contributed by atoms with Gasteiger partial charge in [-0.1, -0.05) is 25.5 Å². The van der Waals surface area contributed by atoms with Crippen molar-refractivity contribution in [1.29, 1.82) is 0 Å². The first-order chi connectivity index (χ1) is 14.5. The molecule has 2 amide bonds. The number of benzene rings is 1. The van der Waals surface area contributed by atoms with Crippen molar-refractivity contribution in [2.45, 2.75) is 33.2 Å². The highest BCUT2D eigenvalue weighted by Crippen LogP contribution is 2.27. The first kappa shape index (κ1) is 21.5. The Morgan fingerprint density at radius 1 is 1.27 bits per heavy atom. The zero-order valence-corrected chi connectivity index (χ0v) is 18.0. The van der Waals surface area contributed by atoms with E-state index in [1.54, 1.807) is 31.2 Å². The van der Waals surface area contributed by atoms with Crippen molar-refractivity contribution >= 4 is 39.1 Å². The molecule has 0 saturated carbocycles. The van der Waals surface area contributed by atoms with Gasteiger partial charge in [-0.25, -0.2) is 4.98 Å². The number of amides is 2. The molecule has 2 aromatic heterocycles. The van der Waals surface area contributed by atoms with Crippen LogP contribution in [-0.2, 0) is 11.3 Å². The van der Waals surface area contributed by atoms with Crippen LogP contribution in [0.2, 0.25) is 0 Å². The van der Waals surface area contributed by atoms with E-state index in [1.165, 1.54) is 29.3 Å². The van der Waals surface area contributed by atoms with Gasteiger partial charge in [0.15, 0.2) is 0 Å². The smallest absolute Gasteiger partial charge is 0.262 e. The molecule has 30 heavy (non-hydrogen) atoms. The number of nitrogens with zero attached hydrogens (tertiary/aromatic N) is 2. The molecule has 8 nitrogen and oxygen atoms in total. The molecule has 0 bridgehead atoms. The van der Waals surface area contributed by atoms with Gasteiger partial charge < -0.3 is 15.4 Å². The Bertz CT molecular complexity index is 1140. The molecule has 0 saturated heterocycles. The number of fused-ring (bicyclic) bond motifs is 1. The number of unbranched alkanes of at least 4 members (excludes halogenated alkanes) is 1. The Kier molecular flexibility index (Phi) is 6.83. The van der Waals surface area contributed by atoms with Crippen LogP contribution in [0.4, 0.5) is 5.69 Å². The van der Waals surface area contributed by atoms with Gasteiger partial charge in [-0.2, -0.15) is 0 Å². The minimum absolute atomic E-state index is 0.201. The normalized spacial score (nSPS) is 10.8. The van der Waals surface area contributed by atoms with Gasteiger partial charge in [0.05, 0.1) is 29.4 Å². The number of carbonyl (C=O) groups excluding carboxylic acids is 2. The minimum atomic E-state index is -0.381. The molecule has 0 fully saturated rings. The maximum absolute atomic E-state index is 12.9. The molecule has 0 unspecified atom stereocenters. The molecular weight excluding hydrogens is 404 g/mol. The number of nitrogens with one attached hydrogen (secondary N) is 2.